The highest BCUT2D eigenvalue weighted by atomic mass is 32.2. The third-order valence-electron chi connectivity index (χ3n) is 4.36. The number of sulfone groups is 1. The second kappa shape index (κ2) is 7.53. The summed E-state index contributed by atoms with van der Waals surface area (Å²) in [5.41, 5.74) is 7.55. The van der Waals surface area contributed by atoms with E-state index >= 15 is 0 Å². The molecule has 128 valence electrons. The van der Waals surface area contributed by atoms with E-state index in [1.54, 1.807) is 12.1 Å². The average Bonchev–Trinajstić information content (AvgIpc) is 3.06. The van der Waals surface area contributed by atoms with Gasteiger partial charge in [0.15, 0.2) is 9.84 Å². The van der Waals surface area contributed by atoms with E-state index in [9.17, 15) is 8.42 Å². The molecular weight excluding hydrogens is 332 g/mol. The van der Waals surface area contributed by atoms with Crippen LogP contribution in [-0.4, -0.2) is 44.9 Å². The Labute approximate surface area is 142 Å². The molecule has 3 atom stereocenters. The minimum Gasteiger partial charge on any atom is -0.376 e. The first-order valence-corrected chi connectivity index (χ1v) is 11.0. The first kappa shape index (κ1) is 17.2. The molecule has 2 aliphatic heterocycles. The van der Waals surface area contributed by atoms with Crippen LogP contribution in [0.4, 0.5) is 0 Å². The highest BCUT2D eigenvalue weighted by molar-refractivity contribution is 8.00. The van der Waals surface area contributed by atoms with Crippen LogP contribution in [0.1, 0.15) is 30.9 Å². The molecule has 3 unspecified atom stereocenters. The van der Waals surface area contributed by atoms with Crippen LogP contribution in [0.25, 0.3) is 0 Å². The predicted molar refractivity (Wildman–Crippen MR) is 93.3 cm³/mol. The summed E-state index contributed by atoms with van der Waals surface area (Å²) < 4.78 is 29.1. The Morgan fingerprint density at radius 3 is 2.74 bits per heavy atom. The van der Waals surface area contributed by atoms with Crippen LogP contribution < -0.4 is 10.9 Å². The number of thioether (sulfide) groups is 1. The highest BCUT2D eigenvalue weighted by Crippen LogP contribution is 2.28. The summed E-state index contributed by atoms with van der Waals surface area (Å²) >= 11 is 2.01. The van der Waals surface area contributed by atoms with Crippen molar-refractivity contribution in [1.29, 1.82) is 0 Å². The van der Waals surface area contributed by atoms with Gasteiger partial charge in [-0.05, 0) is 42.7 Å². The van der Waals surface area contributed by atoms with E-state index in [2.05, 4.69) is 10.9 Å². The second-order valence-electron chi connectivity index (χ2n) is 6.25. The highest BCUT2D eigenvalue weighted by Gasteiger charge is 2.25. The number of hydrazine groups is 1. The summed E-state index contributed by atoms with van der Waals surface area (Å²) in [4.78, 5) is 0.357. The van der Waals surface area contributed by atoms with Crippen molar-refractivity contribution in [1.82, 2.24) is 10.9 Å². The molecule has 2 heterocycles. The molecule has 2 fully saturated rings. The summed E-state index contributed by atoms with van der Waals surface area (Å²) in [6.07, 6.45) is 4.88. The summed E-state index contributed by atoms with van der Waals surface area (Å²) in [6, 6.07) is 7.24. The van der Waals surface area contributed by atoms with E-state index in [1.165, 1.54) is 24.9 Å². The topological polar surface area (TPSA) is 67.4 Å². The van der Waals surface area contributed by atoms with Crippen molar-refractivity contribution in [3.8, 4) is 0 Å². The van der Waals surface area contributed by atoms with Crippen LogP contribution >= 0.6 is 11.8 Å². The van der Waals surface area contributed by atoms with Crippen molar-refractivity contribution in [2.75, 3.05) is 25.2 Å². The lowest BCUT2D eigenvalue weighted by molar-refractivity contribution is 0.0207. The van der Waals surface area contributed by atoms with Crippen molar-refractivity contribution in [2.45, 2.75) is 41.6 Å². The first-order chi connectivity index (χ1) is 11.0. The quantitative estimate of drug-likeness (QED) is 0.840. The maximum atomic E-state index is 11.5. The van der Waals surface area contributed by atoms with E-state index in [0.29, 0.717) is 10.1 Å². The molecule has 2 saturated heterocycles. The fourth-order valence-electron chi connectivity index (χ4n) is 3.01. The molecule has 0 amide bonds. The zero-order chi connectivity index (χ0) is 16.3. The molecule has 1 aromatic carbocycles. The Bertz CT molecular complexity index is 613. The number of benzene rings is 1. The third-order valence-corrected chi connectivity index (χ3v) is 6.85. The van der Waals surface area contributed by atoms with E-state index in [-0.39, 0.29) is 12.1 Å². The van der Waals surface area contributed by atoms with E-state index < -0.39 is 9.84 Å². The fraction of sp³-hybridized carbons (Fsp3) is 0.625. The lowest BCUT2D eigenvalue weighted by Gasteiger charge is -2.32. The van der Waals surface area contributed by atoms with Gasteiger partial charge in [-0.1, -0.05) is 12.1 Å². The lowest BCUT2D eigenvalue weighted by atomic mass is 10.00. The second-order valence-corrected chi connectivity index (χ2v) is 9.67. The van der Waals surface area contributed by atoms with Crippen LogP contribution in [0, 0.1) is 0 Å². The van der Waals surface area contributed by atoms with Crippen molar-refractivity contribution in [3.05, 3.63) is 29.8 Å². The Kier molecular flexibility index (Phi) is 5.64. The number of ether oxygens (including phenoxy) is 1. The van der Waals surface area contributed by atoms with Gasteiger partial charge in [0.05, 0.1) is 17.6 Å². The molecule has 0 saturated carbocycles. The molecular formula is C16H24N2O3S2. The molecule has 0 spiro atoms. The van der Waals surface area contributed by atoms with E-state index in [4.69, 9.17) is 4.74 Å². The predicted octanol–water partition coefficient (Wildman–Crippen LogP) is 1.91. The van der Waals surface area contributed by atoms with Crippen LogP contribution in [-0.2, 0) is 14.6 Å². The molecule has 7 heteroatoms. The van der Waals surface area contributed by atoms with Gasteiger partial charge in [-0.3, -0.25) is 10.9 Å². The zero-order valence-corrected chi connectivity index (χ0v) is 15.0. The summed E-state index contributed by atoms with van der Waals surface area (Å²) in [5.74, 6) is 1.26. The van der Waals surface area contributed by atoms with Crippen molar-refractivity contribution in [2.24, 2.45) is 0 Å². The van der Waals surface area contributed by atoms with Gasteiger partial charge in [0, 0.05) is 24.1 Å². The van der Waals surface area contributed by atoms with Crippen molar-refractivity contribution in [3.63, 3.8) is 0 Å². The number of hydrogen-bond acceptors (Lipinski definition) is 6. The van der Waals surface area contributed by atoms with E-state index in [0.717, 1.165) is 25.1 Å². The normalized spacial score (nSPS) is 28.8. The minimum absolute atomic E-state index is 0.138. The van der Waals surface area contributed by atoms with Gasteiger partial charge >= 0.3 is 0 Å². The zero-order valence-electron chi connectivity index (χ0n) is 13.3. The molecule has 3 rings (SSSR count). The van der Waals surface area contributed by atoms with Gasteiger partial charge in [-0.15, -0.1) is 0 Å². The SMILES string of the molecule is CS(=O)(=O)c1ccc(C2CC(OCC3CCCS3)CNN2)cc1. The van der Waals surface area contributed by atoms with Gasteiger partial charge in [0.1, 0.15) is 0 Å². The first-order valence-electron chi connectivity index (χ1n) is 8.04. The molecule has 2 N–H and O–H groups in total. The molecule has 5 nitrogen and oxygen atoms in total. The summed E-state index contributed by atoms with van der Waals surface area (Å²) in [6.45, 7) is 1.63. The number of nitrogens with one attached hydrogen (secondary N) is 2. The molecule has 0 aromatic heterocycles. The largest absolute Gasteiger partial charge is 0.376 e. The van der Waals surface area contributed by atoms with Gasteiger partial charge in [-0.2, -0.15) is 11.8 Å². The van der Waals surface area contributed by atoms with Crippen LogP contribution in [0.5, 0.6) is 0 Å². The standard InChI is InChI=1S/C16H24N2O3S2/c1-23(19,20)15-6-4-12(5-7-15)16-9-13(10-17-18-16)21-11-14-3-2-8-22-14/h4-7,13-14,16-18H,2-3,8-11H2,1H3. The Hall–Kier alpha value is -0.600. The van der Waals surface area contributed by atoms with Gasteiger partial charge in [0.25, 0.3) is 0 Å². The summed E-state index contributed by atoms with van der Waals surface area (Å²) in [5, 5.41) is 0.650. The van der Waals surface area contributed by atoms with Crippen LogP contribution in [0.15, 0.2) is 29.2 Å². The van der Waals surface area contributed by atoms with Gasteiger partial charge in [0.2, 0.25) is 0 Å². The monoisotopic (exact) mass is 356 g/mol. The molecule has 0 aliphatic carbocycles. The minimum atomic E-state index is -3.14. The average molecular weight is 357 g/mol. The Balaban J connectivity index is 1.57. The van der Waals surface area contributed by atoms with Gasteiger partial charge in [-0.25, -0.2) is 8.42 Å². The van der Waals surface area contributed by atoms with Gasteiger partial charge < -0.3 is 4.74 Å². The number of rotatable bonds is 5. The molecule has 0 bridgehead atoms. The molecule has 1 aromatic rings. The van der Waals surface area contributed by atoms with Crippen LogP contribution in [0.2, 0.25) is 0 Å². The van der Waals surface area contributed by atoms with Crippen molar-refractivity contribution < 1.29 is 13.2 Å². The van der Waals surface area contributed by atoms with E-state index in [1.807, 2.05) is 23.9 Å². The Morgan fingerprint density at radius 2 is 2.09 bits per heavy atom. The maximum absolute atomic E-state index is 11.5. The fourth-order valence-corrected chi connectivity index (χ4v) is 4.82. The smallest absolute Gasteiger partial charge is 0.175 e. The number of hydrogen-bond donors (Lipinski definition) is 2. The molecule has 0 radical (unpaired) electrons. The maximum Gasteiger partial charge on any atom is 0.175 e. The molecule has 23 heavy (non-hydrogen) atoms. The third kappa shape index (κ3) is 4.70. The Morgan fingerprint density at radius 1 is 1.30 bits per heavy atom. The lowest BCUT2D eigenvalue weighted by Crippen LogP contribution is -2.48. The molecule has 2 aliphatic rings. The van der Waals surface area contributed by atoms with Crippen molar-refractivity contribution >= 4 is 21.6 Å². The van der Waals surface area contributed by atoms with Crippen LogP contribution in [0.3, 0.4) is 0 Å². The summed E-state index contributed by atoms with van der Waals surface area (Å²) in [7, 11) is -3.14.